The van der Waals surface area contributed by atoms with Crippen molar-refractivity contribution < 1.29 is 23.4 Å². The molecule has 9 rings (SSSR count). The van der Waals surface area contributed by atoms with Gasteiger partial charge in [0.2, 0.25) is 0 Å². The average Bonchev–Trinajstić information content (AvgIpc) is 3.49. The number of thiophene rings is 1. The lowest BCUT2D eigenvalue weighted by Gasteiger charge is -2.31. The third-order valence-corrected chi connectivity index (χ3v) is 11.8. The van der Waals surface area contributed by atoms with Crippen LogP contribution in [0.15, 0.2) is 24.2 Å². The first-order chi connectivity index (χ1) is 23.1. The van der Waals surface area contributed by atoms with Crippen LogP contribution < -0.4 is 9.64 Å². The second-order valence-corrected chi connectivity index (χ2v) is 15.5. The molecule has 1 aliphatic carbocycles. The number of aryl methyl sites for hydroxylation is 1. The fourth-order valence-corrected chi connectivity index (χ4v) is 9.61. The molecule has 2 N–H and O–H groups in total. The minimum absolute atomic E-state index is 0.196. The zero-order valence-corrected chi connectivity index (χ0v) is 28.2. The minimum Gasteiger partial charge on any atom is -0.461 e. The zero-order chi connectivity index (χ0) is 33.0. The van der Waals surface area contributed by atoms with Crippen molar-refractivity contribution in [1.82, 2.24) is 34.8 Å². The summed E-state index contributed by atoms with van der Waals surface area (Å²) in [6.45, 7) is 4.95. The summed E-state index contributed by atoms with van der Waals surface area (Å²) in [5, 5.41) is 25.2. The van der Waals surface area contributed by atoms with Crippen molar-refractivity contribution in [3.63, 3.8) is 0 Å². The number of ether oxygens (including phenoxy) is 2. The molecule has 2 atom stereocenters. The number of aromatic nitrogens is 6. The monoisotopic (exact) mass is 696 g/mol. The molecule has 0 spiro atoms. The number of nitrogens with one attached hydrogen (secondary N) is 1. The number of benzene rings is 1. The van der Waals surface area contributed by atoms with Crippen LogP contribution in [0.3, 0.4) is 0 Å². The van der Waals surface area contributed by atoms with E-state index in [4.69, 9.17) is 36.1 Å². The van der Waals surface area contributed by atoms with E-state index in [9.17, 15) is 9.50 Å². The first kappa shape index (κ1) is 30.6. The Labute approximate surface area is 283 Å². The molecule has 4 aliphatic rings. The predicted molar refractivity (Wildman–Crippen MR) is 180 cm³/mol. The number of H-pyrrole nitrogens is 1. The fraction of sp³-hybridized carbons (Fsp3) is 0.515. The summed E-state index contributed by atoms with van der Waals surface area (Å²) in [7, 11) is 1.86. The first-order valence-corrected chi connectivity index (χ1v) is 17.5. The SMILES string of the molecule is Cn1nc(-c2c(C3(F)CC3)c(Cl)cc3[nH]ncc23)c2sc3nc(OC[C@@]45CCCN4C/C(=C\F)C5)nc(N4CCOC[C@@](C)(O)C4)c3c21. The number of aliphatic hydroxyl groups is 1. The summed E-state index contributed by atoms with van der Waals surface area (Å²) in [5.74, 6) is 0.599. The number of rotatable bonds is 6. The van der Waals surface area contributed by atoms with Crippen LogP contribution in [0.5, 0.6) is 6.01 Å². The average molecular weight is 697 g/mol. The summed E-state index contributed by atoms with van der Waals surface area (Å²) >= 11 is 8.22. The van der Waals surface area contributed by atoms with Crippen molar-refractivity contribution in [3.05, 3.63) is 34.8 Å². The maximum Gasteiger partial charge on any atom is 0.319 e. The summed E-state index contributed by atoms with van der Waals surface area (Å²) < 4.78 is 44.4. The Hall–Kier alpha value is -3.43. The maximum atomic E-state index is 16.1. The van der Waals surface area contributed by atoms with Crippen molar-refractivity contribution in [3.8, 4) is 17.3 Å². The van der Waals surface area contributed by atoms with Gasteiger partial charge < -0.3 is 19.5 Å². The highest BCUT2D eigenvalue weighted by molar-refractivity contribution is 7.26. The first-order valence-electron chi connectivity index (χ1n) is 16.3. The molecule has 4 fully saturated rings. The van der Waals surface area contributed by atoms with Gasteiger partial charge in [0, 0.05) is 41.7 Å². The van der Waals surface area contributed by atoms with E-state index in [0.717, 1.165) is 52.3 Å². The number of anilines is 1. The van der Waals surface area contributed by atoms with Crippen molar-refractivity contribution >= 4 is 60.1 Å². The van der Waals surface area contributed by atoms with Gasteiger partial charge in [-0.25, -0.2) is 8.78 Å². The van der Waals surface area contributed by atoms with E-state index in [1.807, 2.05) is 11.9 Å². The molecule has 1 saturated carbocycles. The van der Waals surface area contributed by atoms with Gasteiger partial charge in [0.15, 0.2) is 0 Å². The quantitative estimate of drug-likeness (QED) is 0.228. The fourth-order valence-electron chi connectivity index (χ4n) is 8.06. The Morgan fingerprint density at radius 2 is 2.10 bits per heavy atom. The normalized spacial score (nSPS) is 26.7. The Bertz CT molecular complexity index is 2140. The van der Waals surface area contributed by atoms with Gasteiger partial charge in [-0.15, -0.1) is 11.3 Å². The second-order valence-electron chi connectivity index (χ2n) is 14.1. The molecule has 48 heavy (non-hydrogen) atoms. The molecule has 3 aliphatic heterocycles. The van der Waals surface area contributed by atoms with Crippen LogP contribution in [-0.4, -0.2) is 97.1 Å². The third kappa shape index (κ3) is 4.74. The number of β-amino-alcohol motifs (C(OH)–C–C–N with tert-alkyl or cyclic N) is 1. The lowest BCUT2D eigenvalue weighted by Crippen LogP contribution is -2.43. The molecule has 0 bridgehead atoms. The van der Waals surface area contributed by atoms with E-state index in [2.05, 4.69) is 15.1 Å². The number of hydrogen-bond donors (Lipinski definition) is 2. The van der Waals surface area contributed by atoms with E-state index in [0.29, 0.717) is 83.6 Å². The van der Waals surface area contributed by atoms with Gasteiger partial charge in [-0.1, -0.05) is 11.6 Å². The maximum absolute atomic E-state index is 16.1. The van der Waals surface area contributed by atoms with Crippen LogP contribution in [0.4, 0.5) is 14.6 Å². The lowest BCUT2D eigenvalue weighted by molar-refractivity contribution is -0.0123. The molecular weight excluding hydrogens is 662 g/mol. The zero-order valence-electron chi connectivity index (χ0n) is 26.7. The van der Waals surface area contributed by atoms with E-state index >= 15 is 4.39 Å². The minimum atomic E-state index is -1.53. The number of halogens is 3. The highest BCUT2D eigenvalue weighted by Crippen LogP contribution is 2.57. The summed E-state index contributed by atoms with van der Waals surface area (Å²) in [6, 6.07) is 1.94. The molecule has 0 radical (unpaired) electrons. The lowest BCUT2D eigenvalue weighted by atomic mass is 9.94. The van der Waals surface area contributed by atoms with Gasteiger partial charge in [0.05, 0.1) is 58.9 Å². The van der Waals surface area contributed by atoms with E-state index in [-0.39, 0.29) is 24.7 Å². The molecule has 0 unspecified atom stereocenters. The Balaban J connectivity index is 1.23. The van der Waals surface area contributed by atoms with Crippen LogP contribution in [0, 0.1) is 0 Å². The van der Waals surface area contributed by atoms with Gasteiger partial charge >= 0.3 is 6.01 Å². The van der Waals surface area contributed by atoms with Gasteiger partial charge in [-0.2, -0.15) is 20.2 Å². The van der Waals surface area contributed by atoms with Crippen LogP contribution in [-0.2, 0) is 17.5 Å². The number of aromatic amines is 1. The molecule has 0 amide bonds. The Kier molecular flexibility index (Phi) is 6.88. The van der Waals surface area contributed by atoms with Crippen molar-refractivity contribution in [1.29, 1.82) is 0 Å². The molecule has 4 aromatic heterocycles. The molecule has 5 aromatic rings. The molecule has 252 valence electrons. The smallest absolute Gasteiger partial charge is 0.319 e. The van der Waals surface area contributed by atoms with E-state index in [1.165, 1.54) is 11.3 Å². The van der Waals surface area contributed by atoms with E-state index < -0.39 is 11.3 Å². The van der Waals surface area contributed by atoms with Crippen LogP contribution in [0.25, 0.3) is 42.6 Å². The predicted octanol–water partition coefficient (Wildman–Crippen LogP) is 5.79. The van der Waals surface area contributed by atoms with Crippen LogP contribution >= 0.6 is 22.9 Å². The van der Waals surface area contributed by atoms with Crippen molar-refractivity contribution in [2.45, 2.75) is 55.8 Å². The largest absolute Gasteiger partial charge is 0.461 e. The van der Waals surface area contributed by atoms with Gasteiger partial charge in [-0.3, -0.25) is 14.7 Å². The second kappa shape index (κ2) is 10.8. The molecule has 11 nitrogen and oxygen atoms in total. The van der Waals surface area contributed by atoms with Gasteiger partial charge in [0.1, 0.15) is 34.2 Å². The molecule has 7 heterocycles. The number of alkyl halides is 1. The number of fused-ring (bicyclic) bond motifs is 5. The van der Waals surface area contributed by atoms with Crippen molar-refractivity contribution in [2.24, 2.45) is 7.05 Å². The summed E-state index contributed by atoms with van der Waals surface area (Å²) in [6.07, 6.45) is 5.75. The third-order valence-electron chi connectivity index (χ3n) is 10.4. The van der Waals surface area contributed by atoms with Gasteiger partial charge in [0.25, 0.3) is 0 Å². The highest BCUT2D eigenvalue weighted by Gasteiger charge is 2.49. The summed E-state index contributed by atoms with van der Waals surface area (Å²) in [5.41, 5.74) is 0.974. The molecule has 3 saturated heterocycles. The standard InChI is InChI=1S/C33H35ClF2N8O3S/c1-31(45)15-43(8-9-46-16-31)28-23-26-27(48-29(23)39-30(38-28)47-17-32-4-3-7-44(32)14-18(11-32)12-35)25(41-42(26)2)22-19-13-37-40-21(19)10-20(34)24(22)33(36)5-6-33/h10,12-13,45H,3-9,11,14-17H2,1-2H3,(H,37,40)/b18-12-/t31-,32-/m0/s1. The Morgan fingerprint density at radius 3 is 2.92 bits per heavy atom. The number of nitrogens with zero attached hydrogens (tertiary/aromatic N) is 7. The number of hydrogen-bond acceptors (Lipinski definition) is 10. The molecular formula is C33H35ClF2N8O3S. The summed E-state index contributed by atoms with van der Waals surface area (Å²) in [4.78, 5) is 14.9. The molecule has 15 heteroatoms. The van der Waals surface area contributed by atoms with Crippen molar-refractivity contribution in [2.75, 3.05) is 50.9 Å². The topological polar surface area (TPSA) is 117 Å². The Morgan fingerprint density at radius 1 is 1.25 bits per heavy atom. The van der Waals surface area contributed by atoms with Crippen LogP contribution in [0.1, 0.15) is 44.6 Å². The van der Waals surface area contributed by atoms with Crippen LogP contribution in [0.2, 0.25) is 5.02 Å². The van der Waals surface area contributed by atoms with Gasteiger partial charge in [-0.05, 0) is 57.2 Å². The molecule has 1 aromatic carbocycles. The highest BCUT2D eigenvalue weighted by atomic mass is 35.5. The van der Waals surface area contributed by atoms with E-state index in [1.54, 1.807) is 23.9 Å².